The predicted molar refractivity (Wildman–Crippen MR) is 92.3 cm³/mol. The molecule has 122 valence electrons. The van der Waals surface area contributed by atoms with Gasteiger partial charge in [-0.1, -0.05) is 19.9 Å². The molecule has 0 aromatic heterocycles. The Labute approximate surface area is 137 Å². The number of nitrogens with one attached hydrogen (secondary N) is 1. The maximum atomic E-state index is 12.3. The first-order chi connectivity index (χ1) is 11.1. The SMILES string of the molecule is CCOc1ccc(C(=O)Nc2cccc(OCC(C)C)c2)cc1. The highest BCUT2D eigenvalue weighted by molar-refractivity contribution is 6.04. The molecule has 2 aromatic carbocycles. The Balaban J connectivity index is 2.00. The third kappa shape index (κ3) is 5.33. The number of hydrogen-bond donors (Lipinski definition) is 1. The van der Waals surface area contributed by atoms with Gasteiger partial charge in [0, 0.05) is 17.3 Å². The van der Waals surface area contributed by atoms with Gasteiger partial charge >= 0.3 is 0 Å². The van der Waals surface area contributed by atoms with Crippen LogP contribution in [-0.2, 0) is 0 Å². The molecule has 0 spiro atoms. The maximum Gasteiger partial charge on any atom is 0.255 e. The first kappa shape index (κ1) is 16.9. The monoisotopic (exact) mass is 313 g/mol. The van der Waals surface area contributed by atoms with Crippen molar-refractivity contribution in [3.05, 3.63) is 54.1 Å². The maximum absolute atomic E-state index is 12.3. The topological polar surface area (TPSA) is 47.6 Å². The van der Waals surface area contributed by atoms with Crippen LogP contribution in [0.2, 0.25) is 0 Å². The predicted octanol–water partition coefficient (Wildman–Crippen LogP) is 4.37. The Morgan fingerprint density at radius 1 is 1.04 bits per heavy atom. The summed E-state index contributed by atoms with van der Waals surface area (Å²) < 4.78 is 11.0. The van der Waals surface area contributed by atoms with Gasteiger partial charge in [-0.2, -0.15) is 0 Å². The molecule has 0 radical (unpaired) electrons. The highest BCUT2D eigenvalue weighted by Gasteiger charge is 2.07. The van der Waals surface area contributed by atoms with Crippen molar-refractivity contribution < 1.29 is 14.3 Å². The second kappa shape index (κ2) is 8.22. The Kier molecular flexibility index (Phi) is 6.03. The lowest BCUT2D eigenvalue weighted by atomic mass is 10.2. The smallest absolute Gasteiger partial charge is 0.255 e. The molecule has 4 nitrogen and oxygen atoms in total. The summed E-state index contributed by atoms with van der Waals surface area (Å²) in [6, 6.07) is 14.5. The molecule has 1 N–H and O–H groups in total. The van der Waals surface area contributed by atoms with E-state index in [9.17, 15) is 4.79 Å². The van der Waals surface area contributed by atoms with E-state index in [1.165, 1.54) is 0 Å². The summed E-state index contributed by atoms with van der Waals surface area (Å²) in [5.74, 6) is 1.81. The number of ether oxygens (including phenoxy) is 2. The molecule has 0 heterocycles. The normalized spacial score (nSPS) is 10.4. The minimum absolute atomic E-state index is 0.158. The van der Waals surface area contributed by atoms with Gasteiger partial charge in [-0.3, -0.25) is 4.79 Å². The van der Waals surface area contributed by atoms with Crippen LogP contribution in [-0.4, -0.2) is 19.1 Å². The zero-order valence-electron chi connectivity index (χ0n) is 13.8. The van der Waals surface area contributed by atoms with Gasteiger partial charge in [0.2, 0.25) is 0 Å². The summed E-state index contributed by atoms with van der Waals surface area (Å²) in [6.45, 7) is 7.37. The molecule has 0 fully saturated rings. The molecule has 23 heavy (non-hydrogen) atoms. The number of rotatable bonds is 7. The van der Waals surface area contributed by atoms with E-state index in [0.717, 1.165) is 11.5 Å². The van der Waals surface area contributed by atoms with Crippen molar-refractivity contribution in [1.82, 2.24) is 0 Å². The number of hydrogen-bond acceptors (Lipinski definition) is 3. The van der Waals surface area contributed by atoms with Crippen molar-refractivity contribution in [2.75, 3.05) is 18.5 Å². The first-order valence-electron chi connectivity index (χ1n) is 7.85. The van der Waals surface area contributed by atoms with Gasteiger partial charge in [-0.15, -0.1) is 0 Å². The minimum Gasteiger partial charge on any atom is -0.494 e. The Morgan fingerprint density at radius 2 is 1.78 bits per heavy atom. The van der Waals surface area contributed by atoms with Crippen molar-refractivity contribution in [2.45, 2.75) is 20.8 Å². The number of carbonyl (C=O) groups is 1. The third-order valence-corrected chi connectivity index (χ3v) is 3.10. The van der Waals surface area contributed by atoms with E-state index in [1.807, 2.05) is 31.2 Å². The highest BCUT2D eigenvalue weighted by Crippen LogP contribution is 2.19. The van der Waals surface area contributed by atoms with Gasteiger partial charge in [0.15, 0.2) is 0 Å². The van der Waals surface area contributed by atoms with Crippen molar-refractivity contribution in [3.63, 3.8) is 0 Å². The van der Waals surface area contributed by atoms with E-state index in [1.54, 1.807) is 24.3 Å². The molecular formula is C19H23NO3. The third-order valence-electron chi connectivity index (χ3n) is 3.10. The van der Waals surface area contributed by atoms with E-state index in [0.29, 0.717) is 30.4 Å². The largest absolute Gasteiger partial charge is 0.494 e. The number of carbonyl (C=O) groups excluding carboxylic acids is 1. The second-order valence-electron chi connectivity index (χ2n) is 5.64. The van der Waals surface area contributed by atoms with E-state index in [2.05, 4.69) is 19.2 Å². The molecule has 2 rings (SSSR count). The van der Waals surface area contributed by atoms with E-state index in [4.69, 9.17) is 9.47 Å². The van der Waals surface area contributed by atoms with Crippen LogP contribution in [0.25, 0.3) is 0 Å². The Bertz CT molecular complexity index is 635. The van der Waals surface area contributed by atoms with Gasteiger partial charge in [0.05, 0.1) is 13.2 Å². The van der Waals surface area contributed by atoms with Gasteiger partial charge in [0.25, 0.3) is 5.91 Å². The lowest BCUT2D eigenvalue weighted by Gasteiger charge is -2.11. The standard InChI is InChI=1S/C19H23NO3/c1-4-22-17-10-8-15(9-11-17)19(21)20-16-6-5-7-18(12-16)23-13-14(2)3/h5-12,14H,4,13H2,1-3H3,(H,20,21). The van der Waals surface area contributed by atoms with Crippen molar-refractivity contribution >= 4 is 11.6 Å². The number of amides is 1. The molecule has 2 aromatic rings. The molecule has 0 saturated carbocycles. The van der Waals surface area contributed by atoms with Crippen molar-refractivity contribution in [3.8, 4) is 11.5 Å². The van der Waals surface area contributed by atoms with Gasteiger partial charge in [-0.05, 0) is 49.2 Å². The molecule has 4 heteroatoms. The van der Waals surface area contributed by atoms with Crippen LogP contribution in [0.4, 0.5) is 5.69 Å². The van der Waals surface area contributed by atoms with Gasteiger partial charge < -0.3 is 14.8 Å². The summed E-state index contributed by atoms with van der Waals surface area (Å²) in [6.07, 6.45) is 0. The molecule has 0 unspecified atom stereocenters. The van der Waals surface area contributed by atoms with Crippen LogP contribution in [0.3, 0.4) is 0 Å². The van der Waals surface area contributed by atoms with Gasteiger partial charge in [-0.25, -0.2) is 0 Å². The molecule has 0 aliphatic rings. The lowest BCUT2D eigenvalue weighted by Crippen LogP contribution is -2.12. The van der Waals surface area contributed by atoms with Crippen LogP contribution in [0, 0.1) is 5.92 Å². The molecule has 0 saturated heterocycles. The van der Waals surface area contributed by atoms with E-state index in [-0.39, 0.29) is 5.91 Å². The summed E-state index contributed by atoms with van der Waals surface area (Å²) in [5, 5.41) is 2.88. The van der Waals surface area contributed by atoms with E-state index >= 15 is 0 Å². The quantitative estimate of drug-likeness (QED) is 0.825. The van der Waals surface area contributed by atoms with Crippen molar-refractivity contribution in [2.24, 2.45) is 5.92 Å². The summed E-state index contributed by atoms with van der Waals surface area (Å²) in [4.78, 5) is 12.3. The highest BCUT2D eigenvalue weighted by atomic mass is 16.5. The van der Waals surface area contributed by atoms with Crippen LogP contribution in [0.5, 0.6) is 11.5 Å². The molecule has 1 amide bonds. The zero-order chi connectivity index (χ0) is 16.7. The molecule has 0 atom stereocenters. The second-order valence-corrected chi connectivity index (χ2v) is 5.64. The minimum atomic E-state index is -0.158. The Morgan fingerprint density at radius 3 is 2.43 bits per heavy atom. The number of benzene rings is 2. The number of anilines is 1. The lowest BCUT2D eigenvalue weighted by molar-refractivity contribution is 0.102. The van der Waals surface area contributed by atoms with Crippen LogP contribution in [0.15, 0.2) is 48.5 Å². The Hall–Kier alpha value is -2.49. The average molecular weight is 313 g/mol. The summed E-state index contributed by atoms with van der Waals surface area (Å²) >= 11 is 0. The van der Waals surface area contributed by atoms with E-state index < -0.39 is 0 Å². The van der Waals surface area contributed by atoms with Crippen LogP contribution >= 0.6 is 0 Å². The fourth-order valence-corrected chi connectivity index (χ4v) is 2.00. The van der Waals surface area contributed by atoms with Crippen molar-refractivity contribution in [1.29, 1.82) is 0 Å². The molecule has 0 aliphatic carbocycles. The summed E-state index contributed by atoms with van der Waals surface area (Å²) in [7, 11) is 0. The summed E-state index contributed by atoms with van der Waals surface area (Å²) in [5.41, 5.74) is 1.30. The van der Waals surface area contributed by atoms with Crippen LogP contribution in [0.1, 0.15) is 31.1 Å². The fraction of sp³-hybridized carbons (Fsp3) is 0.316. The van der Waals surface area contributed by atoms with Gasteiger partial charge in [0.1, 0.15) is 11.5 Å². The van der Waals surface area contributed by atoms with Crippen LogP contribution < -0.4 is 14.8 Å². The zero-order valence-corrected chi connectivity index (χ0v) is 13.8. The first-order valence-corrected chi connectivity index (χ1v) is 7.85. The molecule has 0 aliphatic heterocycles. The average Bonchev–Trinajstić information content (AvgIpc) is 2.54. The molecular weight excluding hydrogens is 290 g/mol. The fourth-order valence-electron chi connectivity index (χ4n) is 2.00. The molecule has 0 bridgehead atoms.